The zero-order chi connectivity index (χ0) is 29.3. The maximum Gasteiger partial charge on any atom is 0.406 e. The van der Waals surface area contributed by atoms with E-state index in [-0.39, 0.29) is 38.3 Å². The summed E-state index contributed by atoms with van der Waals surface area (Å²) in [7, 11) is 1.46. The first-order chi connectivity index (χ1) is 19.1. The molecular weight excluding hydrogens is 515 g/mol. The number of carbonyl (C=O) groups excluding carboxylic acids is 3. The van der Waals surface area contributed by atoms with Gasteiger partial charge in [-0.25, -0.2) is 9.18 Å². The number of nitrogens with two attached hydrogens (primary N) is 2. The van der Waals surface area contributed by atoms with Gasteiger partial charge in [-0.15, -0.1) is 0 Å². The molecule has 1 saturated heterocycles. The van der Waals surface area contributed by atoms with E-state index in [9.17, 15) is 19.5 Å². The van der Waals surface area contributed by atoms with Gasteiger partial charge in [0.2, 0.25) is 11.8 Å². The van der Waals surface area contributed by atoms with Gasteiger partial charge in [-0.2, -0.15) is 0 Å². The fourth-order valence-electron chi connectivity index (χ4n) is 5.49. The Hall–Kier alpha value is -3.50. The van der Waals surface area contributed by atoms with Crippen molar-refractivity contribution < 1.29 is 28.6 Å². The van der Waals surface area contributed by atoms with Crippen LogP contribution in [0.25, 0.3) is 11.1 Å². The lowest BCUT2D eigenvalue weighted by atomic mass is 9.72. The largest absolute Gasteiger partial charge is 0.450 e. The van der Waals surface area contributed by atoms with Crippen molar-refractivity contribution in [3.8, 4) is 11.1 Å². The second-order valence-electron chi connectivity index (χ2n) is 10.4. The van der Waals surface area contributed by atoms with Gasteiger partial charge in [0, 0.05) is 38.0 Å². The first kappa shape index (κ1) is 31.0. The molecule has 0 aliphatic carbocycles. The molecule has 0 spiro atoms. The predicted molar refractivity (Wildman–Crippen MR) is 150 cm³/mol. The summed E-state index contributed by atoms with van der Waals surface area (Å²) in [4.78, 5) is 37.5. The van der Waals surface area contributed by atoms with E-state index in [4.69, 9.17) is 16.2 Å². The molecule has 3 amide bonds. The number of piperidine rings is 1. The highest BCUT2D eigenvalue weighted by molar-refractivity contribution is 5.83. The number of nitrogens with one attached hydrogen (secondary N) is 1. The normalized spacial score (nSPS) is 17.5. The molecule has 218 valence electrons. The van der Waals surface area contributed by atoms with Gasteiger partial charge in [-0.3, -0.25) is 9.59 Å². The van der Waals surface area contributed by atoms with Crippen LogP contribution in [0.15, 0.2) is 42.5 Å². The zero-order valence-corrected chi connectivity index (χ0v) is 23.3. The number of halogens is 1. The van der Waals surface area contributed by atoms with Crippen molar-refractivity contribution in [3.05, 3.63) is 59.4 Å². The fourth-order valence-corrected chi connectivity index (χ4v) is 5.49. The highest BCUT2D eigenvalue weighted by Gasteiger charge is 2.43. The number of aryl methyl sites for hydroxylation is 1. The minimum atomic E-state index is -1.54. The number of rotatable bonds is 12. The molecule has 0 aromatic heterocycles. The molecule has 2 unspecified atom stereocenters. The molecule has 3 atom stereocenters. The van der Waals surface area contributed by atoms with Gasteiger partial charge in [0.1, 0.15) is 5.82 Å². The summed E-state index contributed by atoms with van der Waals surface area (Å²) < 4.78 is 20.7. The molecule has 0 bridgehead atoms. The molecule has 2 aromatic rings. The van der Waals surface area contributed by atoms with Crippen LogP contribution in [0.4, 0.5) is 9.18 Å². The van der Waals surface area contributed by atoms with Crippen LogP contribution < -0.4 is 16.8 Å². The average molecular weight is 557 g/mol. The van der Waals surface area contributed by atoms with Gasteiger partial charge >= 0.3 is 6.09 Å². The number of nitrogens with zero attached hydrogens (tertiary/aromatic N) is 1. The number of ether oxygens (including phenoxy) is 1. The van der Waals surface area contributed by atoms with Crippen LogP contribution in [0.3, 0.4) is 0 Å². The molecule has 40 heavy (non-hydrogen) atoms. The SMILES string of the molecule is CCc1cccc(-c2c(F)cccc2C(O)(CCCOC(=O)NC)C2CCCN(C(=O)[C@@H](N)CCC(N)=O)C2)c1. The molecular formula is C30H41FN4O5. The third-order valence-electron chi connectivity index (χ3n) is 7.67. The molecule has 3 rings (SSSR count). The predicted octanol–water partition coefficient (Wildman–Crippen LogP) is 3.21. The van der Waals surface area contributed by atoms with Crippen LogP contribution in [0.2, 0.25) is 0 Å². The molecule has 0 radical (unpaired) electrons. The fraction of sp³-hybridized carbons (Fsp3) is 0.500. The van der Waals surface area contributed by atoms with Crippen LogP contribution in [0, 0.1) is 11.7 Å². The highest BCUT2D eigenvalue weighted by atomic mass is 19.1. The first-order valence-corrected chi connectivity index (χ1v) is 13.9. The number of likely N-dealkylation sites (tertiary alicyclic amines) is 1. The number of alkyl carbamates (subject to hydrolysis) is 1. The molecule has 0 saturated carbocycles. The van der Waals surface area contributed by atoms with E-state index in [2.05, 4.69) is 5.32 Å². The molecule has 10 heteroatoms. The Morgan fingerprint density at radius 2 is 2.00 bits per heavy atom. The third-order valence-corrected chi connectivity index (χ3v) is 7.67. The summed E-state index contributed by atoms with van der Waals surface area (Å²) >= 11 is 0. The van der Waals surface area contributed by atoms with Gasteiger partial charge in [-0.05, 0) is 61.3 Å². The number of carbonyl (C=O) groups is 3. The number of amides is 3. The smallest absolute Gasteiger partial charge is 0.406 e. The van der Waals surface area contributed by atoms with Crippen LogP contribution in [-0.2, 0) is 26.3 Å². The Labute approximate surface area is 235 Å². The van der Waals surface area contributed by atoms with Gasteiger partial charge in [0.25, 0.3) is 0 Å². The zero-order valence-electron chi connectivity index (χ0n) is 23.3. The Kier molecular flexibility index (Phi) is 11.0. The molecule has 1 aliphatic heterocycles. The summed E-state index contributed by atoms with van der Waals surface area (Å²) in [5.74, 6) is -1.74. The van der Waals surface area contributed by atoms with Crippen molar-refractivity contribution in [2.75, 3.05) is 26.7 Å². The minimum Gasteiger partial charge on any atom is -0.450 e. The molecule has 1 heterocycles. The van der Waals surface area contributed by atoms with E-state index in [1.165, 1.54) is 13.1 Å². The summed E-state index contributed by atoms with van der Waals surface area (Å²) in [5.41, 5.74) is 12.2. The van der Waals surface area contributed by atoms with E-state index in [0.29, 0.717) is 42.5 Å². The monoisotopic (exact) mass is 556 g/mol. The lowest BCUT2D eigenvalue weighted by Crippen LogP contribution is -2.52. The van der Waals surface area contributed by atoms with Crippen LogP contribution >= 0.6 is 0 Å². The Balaban J connectivity index is 1.99. The van der Waals surface area contributed by atoms with Crippen molar-refractivity contribution in [1.29, 1.82) is 0 Å². The molecule has 1 aliphatic rings. The number of hydrogen-bond donors (Lipinski definition) is 4. The summed E-state index contributed by atoms with van der Waals surface area (Å²) in [6, 6.07) is 11.4. The average Bonchev–Trinajstić information content (AvgIpc) is 2.97. The quantitative estimate of drug-likeness (QED) is 0.295. The lowest BCUT2D eigenvalue weighted by molar-refractivity contribution is -0.138. The van der Waals surface area contributed by atoms with Crippen molar-refractivity contribution in [3.63, 3.8) is 0 Å². The van der Waals surface area contributed by atoms with Gasteiger partial charge in [0.15, 0.2) is 0 Å². The molecule has 9 nitrogen and oxygen atoms in total. The van der Waals surface area contributed by atoms with E-state index in [1.54, 1.807) is 17.0 Å². The van der Waals surface area contributed by atoms with Gasteiger partial charge in [0.05, 0.1) is 18.2 Å². The molecule has 1 fully saturated rings. The summed E-state index contributed by atoms with van der Waals surface area (Å²) in [5, 5.41) is 14.9. The van der Waals surface area contributed by atoms with Crippen molar-refractivity contribution in [1.82, 2.24) is 10.2 Å². The second-order valence-corrected chi connectivity index (χ2v) is 10.4. The van der Waals surface area contributed by atoms with E-state index < -0.39 is 35.4 Å². The summed E-state index contributed by atoms with van der Waals surface area (Å²) in [6.07, 6.45) is 2.04. The number of hydrogen-bond acceptors (Lipinski definition) is 6. The Bertz CT molecular complexity index is 1190. The molecule has 6 N–H and O–H groups in total. The van der Waals surface area contributed by atoms with Crippen molar-refractivity contribution in [2.24, 2.45) is 17.4 Å². The van der Waals surface area contributed by atoms with Crippen LogP contribution in [0.1, 0.15) is 56.6 Å². The standard InChI is InChI=1S/C30H41FN4O5/c1-3-20-8-4-9-21(18-20)27-23(11-5-12-24(27)31)30(39,15-7-17-40-29(38)34-2)22-10-6-16-35(19-22)28(37)25(32)13-14-26(33)36/h4-5,8-9,11-12,18,22,25,39H,3,6-7,10,13-17,19,32H2,1-2H3,(H2,33,36)(H,34,38)/t22?,25-,30?/m0/s1. The highest BCUT2D eigenvalue weighted by Crippen LogP contribution is 2.44. The Morgan fingerprint density at radius 3 is 2.70 bits per heavy atom. The summed E-state index contributed by atoms with van der Waals surface area (Å²) in [6.45, 7) is 2.75. The van der Waals surface area contributed by atoms with Crippen LogP contribution in [-0.4, -0.2) is 60.7 Å². The van der Waals surface area contributed by atoms with Gasteiger partial charge < -0.3 is 31.5 Å². The second kappa shape index (κ2) is 14.2. The number of benzene rings is 2. The van der Waals surface area contributed by atoms with Crippen LogP contribution in [0.5, 0.6) is 0 Å². The lowest BCUT2D eigenvalue weighted by Gasteiger charge is -2.44. The topological polar surface area (TPSA) is 148 Å². The van der Waals surface area contributed by atoms with E-state index in [1.807, 2.05) is 31.2 Å². The first-order valence-electron chi connectivity index (χ1n) is 13.9. The van der Waals surface area contributed by atoms with E-state index >= 15 is 4.39 Å². The number of aliphatic hydroxyl groups is 1. The maximum atomic E-state index is 15.6. The van der Waals surface area contributed by atoms with Gasteiger partial charge in [-0.1, -0.05) is 43.3 Å². The molecule has 2 aromatic carbocycles. The van der Waals surface area contributed by atoms with Crippen molar-refractivity contribution >= 4 is 17.9 Å². The maximum absolute atomic E-state index is 15.6. The third kappa shape index (κ3) is 7.57. The Morgan fingerprint density at radius 1 is 1.25 bits per heavy atom. The number of primary amides is 1. The van der Waals surface area contributed by atoms with E-state index in [0.717, 1.165) is 12.0 Å². The van der Waals surface area contributed by atoms with Crippen molar-refractivity contribution in [2.45, 2.75) is 63.5 Å². The minimum absolute atomic E-state index is 0.00290.